The smallest absolute Gasteiger partial charge is 0.176 e. The number of para-hydroxylation sites is 2. The van der Waals surface area contributed by atoms with Crippen LogP contribution in [0.1, 0.15) is 45.4 Å². The number of halogens is 1. The van der Waals surface area contributed by atoms with E-state index in [-0.39, 0.29) is 0 Å². The van der Waals surface area contributed by atoms with Gasteiger partial charge in [-0.1, -0.05) is 69.0 Å². The number of rotatable bonds is 9. The van der Waals surface area contributed by atoms with Crippen LogP contribution in [0, 0.1) is 0 Å². The fourth-order valence-electron chi connectivity index (χ4n) is 2.70. The quantitative estimate of drug-likeness (QED) is 0.378. The predicted octanol–water partition coefficient (Wildman–Crippen LogP) is 6.48. The maximum atomic E-state index is 14.9. The van der Waals surface area contributed by atoms with Crippen LogP contribution in [-0.2, 0) is 0 Å². The molecule has 0 N–H and O–H groups in total. The number of alkyl halides is 1. The molecule has 0 bridgehead atoms. The van der Waals surface area contributed by atoms with E-state index in [2.05, 4.69) is 6.92 Å². The molecule has 0 aliphatic heterocycles. The van der Waals surface area contributed by atoms with Gasteiger partial charge in [-0.3, -0.25) is 0 Å². The summed E-state index contributed by atoms with van der Waals surface area (Å²) in [6.07, 6.45) is 5.33. The van der Waals surface area contributed by atoms with E-state index >= 15 is 0 Å². The molecule has 22 heavy (non-hydrogen) atoms. The Morgan fingerprint density at radius 3 is 1.77 bits per heavy atom. The molecule has 2 heteroatoms. The van der Waals surface area contributed by atoms with Gasteiger partial charge in [-0.25, -0.2) is 4.39 Å². The van der Waals surface area contributed by atoms with Crippen molar-refractivity contribution < 1.29 is 4.39 Å². The first kappa shape index (κ1) is 16.5. The monoisotopic (exact) mass is 299 g/mol. The van der Waals surface area contributed by atoms with Gasteiger partial charge in [0.1, 0.15) is 0 Å². The number of hydrogen-bond acceptors (Lipinski definition) is 1. The van der Waals surface area contributed by atoms with Crippen LogP contribution < -0.4 is 4.90 Å². The van der Waals surface area contributed by atoms with Crippen molar-refractivity contribution in [1.29, 1.82) is 0 Å². The van der Waals surface area contributed by atoms with Crippen LogP contribution in [0.2, 0.25) is 0 Å². The van der Waals surface area contributed by atoms with Gasteiger partial charge >= 0.3 is 0 Å². The van der Waals surface area contributed by atoms with Crippen LogP contribution in [0.5, 0.6) is 0 Å². The molecule has 0 saturated carbocycles. The Morgan fingerprint density at radius 1 is 0.773 bits per heavy atom. The van der Waals surface area contributed by atoms with Crippen molar-refractivity contribution in [1.82, 2.24) is 0 Å². The molecule has 0 amide bonds. The third-order valence-corrected chi connectivity index (χ3v) is 3.89. The molecule has 1 nitrogen and oxygen atoms in total. The van der Waals surface area contributed by atoms with E-state index in [0.29, 0.717) is 6.42 Å². The second-order valence-corrected chi connectivity index (χ2v) is 5.68. The molecule has 0 heterocycles. The predicted molar refractivity (Wildman–Crippen MR) is 93.3 cm³/mol. The first-order valence-corrected chi connectivity index (χ1v) is 8.36. The summed E-state index contributed by atoms with van der Waals surface area (Å²) in [6, 6.07) is 19.6. The van der Waals surface area contributed by atoms with E-state index in [1.807, 2.05) is 60.7 Å². The molecule has 0 aliphatic rings. The molecular weight excluding hydrogens is 273 g/mol. The van der Waals surface area contributed by atoms with Crippen molar-refractivity contribution in [2.75, 3.05) is 4.90 Å². The van der Waals surface area contributed by atoms with Gasteiger partial charge in [0.2, 0.25) is 0 Å². The zero-order valence-electron chi connectivity index (χ0n) is 13.4. The topological polar surface area (TPSA) is 3.24 Å². The fourth-order valence-corrected chi connectivity index (χ4v) is 2.70. The van der Waals surface area contributed by atoms with Crippen molar-refractivity contribution in [3.05, 3.63) is 60.7 Å². The molecule has 0 radical (unpaired) electrons. The zero-order chi connectivity index (χ0) is 15.6. The second kappa shape index (κ2) is 9.24. The van der Waals surface area contributed by atoms with E-state index in [1.54, 1.807) is 4.90 Å². The highest BCUT2D eigenvalue weighted by Crippen LogP contribution is 2.30. The molecule has 118 valence electrons. The van der Waals surface area contributed by atoms with Gasteiger partial charge in [0, 0.05) is 11.4 Å². The molecule has 1 atom stereocenters. The SMILES string of the molecule is CCCCCCCC(F)N(c1ccccc1)c1ccccc1. The number of nitrogens with zero attached hydrogens (tertiary/aromatic N) is 1. The minimum absolute atomic E-state index is 0.577. The van der Waals surface area contributed by atoms with Crippen LogP contribution in [0.3, 0.4) is 0 Å². The largest absolute Gasteiger partial charge is 0.311 e. The Labute approximate surface area is 133 Å². The van der Waals surface area contributed by atoms with E-state index in [1.165, 1.54) is 19.3 Å². The summed E-state index contributed by atoms with van der Waals surface area (Å²) >= 11 is 0. The summed E-state index contributed by atoms with van der Waals surface area (Å²) in [5.41, 5.74) is 1.82. The van der Waals surface area contributed by atoms with Crippen LogP contribution in [-0.4, -0.2) is 6.30 Å². The lowest BCUT2D eigenvalue weighted by molar-refractivity contribution is 0.310. The van der Waals surface area contributed by atoms with E-state index in [9.17, 15) is 4.39 Å². The van der Waals surface area contributed by atoms with Crippen molar-refractivity contribution >= 4 is 11.4 Å². The Kier molecular flexibility index (Phi) is 6.95. The number of anilines is 2. The molecule has 1 unspecified atom stereocenters. The Morgan fingerprint density at radius 2 is 1.27 bits per heavy atom. The lowest BCUT2D eigenvalue weighted by Gasteiger charge is -2.28. The molecule has 0 aliphatic carbocycles. The Balaban J connectivity index is 2.05. The van der Waals surface area contributed by atoms with Gasteiger partial charge in [-0.15, -0.1) is 0 Å². The van der Waals surface area contributed by atoms with Crippen LogP contribution in [0.25, 0.3) is 0 Å². The lowest BCUT2D eigenvalue weighted by Crippen LogP contribution is -2.27. The molecule has 0 spiro atoms. The van der Waals surface area contributed by atoms with Crippen LogP contribution in [0.4, 0.5) is 15.8 Å². The molecule has 2 aromatic rings. The van der Waals surface area contributed by atoms with E-state index in [4.69, 9.17) is 0 Å². The van der Waals surface area contributed by atoms with Gasteiger partial charge in [-0.05, 0) is 37.1 Å². The summed E-state index contributed by atoms with van der Waals surface area (Å²) < 4.78 is 14.9. The summed E-state index contributed by atoms with van der Waals surface area (Å²) in [7, 11) is 0. The van der Waals surface area contributed by atoms with Crippen molar-refractivity contribution in [3.63, 3.8) is 0 Å². The fraction of sp³-hybridized carbons (Fsp3) is 0.400. The normalized spacial score (nSPS) is 12.1. The van der Waals surface area contributed by atoms with Gasteiger partial charge in [0.05, 0.1) is 0 Å². The summed E-state index contributed by atoms with van der Waals surface area (Å²) in [4.78, 5) is 1.81. The molecule has 0 saturated heterocycles. The standard InChI is InChI=1S/C20H26FN/c1-2-3-4-5-12-17-20(21)22(18-13-8-6-9-14-18)19-15-10-7-11-16-19/h6-11,13-16,20H,2-5,12,17H2,1H3. The van der Waals surface area contributed by atoms with E-state index in [0.717, 1.165) is 24.2 Å². The van der Waals surface area contributed by atoms with Gasteiger partial charge in [0.15, 0.2) is 6.30 Å². The third kappa shape index (κ3) is 4.87. The van der Waals surface area contributed by atoms with Crippen LogP contribution >= 0.6 is 0 Å². The highest BCUT2D eigenvalue weighted by molar-refractivity contribution is 5.63. The van der Waals surface area contributed by atoms with Crippen LogP contribution in [0.15, 0.2) is 60.7 Å². The van der Waals surface area contributed by atoms with E-state index < -0.39 is 6.30 Å². The summed E-state index contributed by atoms with van der Waals surface area (Å²) in [5, 5.41) is 0. The Hall–Kier alpha value is -1.83. The zero-order valence-corrected chi connectivity index (χ0v) is 13.4. The molecule has 2 rings (SSSR count). The van der Waals surface area contributed by atoms with Crippen molar-refractivity contribution in [2.24, 2.45) is 0 Å². The third-order valence-electron chi connectivity index (χ3n) is 3.89. The second-order valence-electron chi connectivity index (χ2n) is 5.68. The number of benzene rings is 2. The van der Waals surface area contributed by atoms with Gasteiger partial charge < -0.3 is 4.90 Å². The number of hydrogen-bond donors (Lipinski definition) is 0. The number of unbranched alkanes of at least 4 members (excludes halogenated alkanes) is 4. The minimum atomic E-state index is -0.980. The summed E-state index contributed by atoms with van der Waals surface area (Å²) in [6.45, 7) is 2.20. The average Bonchev–Trinajstić information content (AvgIpc) is 2.57. The van der Waals surface area contributed by atoms with Crippen molar-refractivity contribution in [2.45, 2.75) is 51.7 Å². The van der Waals surface area contributed by atoms with Gasteiger partial charge in [0.25, 0.3) is 0 Å². The minimum Gasteiger partial charge on any atom is -0.311 e. The molecule has 0 fully saturated rings. The molecular formula is C20H26FN. The first-order valence-electron chi connectivity index (χ1n) is 8.36. The highest BCUT2D eigenvalue weighted by atomic mass is 19.1. The van der Waals surface area contributed by atoms with Gasteiger partial charge in [-0.2, -0.15) is 0 Å². The average molecular weight is 299 g/mol. The Bertz CT molecular complexity index is 472. The molecule has 0 aromatic heterocycles. The maximum Gasteiger partial charge on any atom is 0.176 e. The first-order chi connectivity index (χ1) is 10.8. The highest BCUT2D eigenvalue weighted by Gasteiger charge is 2.19. The maximum absolute atomic E-state index is 14.9. The van der Waals surface area contributed by atoms with Crippen molar-refractivity contribution in [3.8, 4) is 0 Å². The molecule has 2 aromatic carbocycles. The summed E-state index contributed by atoms with van der Waals surface area (Å²) in [5.74, 6) is 0. The lowest BCUT2D eigenvalue weighted by atomic mass is 10.1.